The van der Waals surface area contributed by atoms with Crippen molar-refractivity contribution in [3.8, 4) is 0 Å². The van der Waals surface area contributed by atoms with E-state index in [9.17, 15) is 0 Å². The van der Waals surface area contributed by atoms with E-state index in [0.717, 1.165) is 36.7 Å². The normalized spacial score (nSPS) is 11.1. The van der Waals surface area contributed by atoms with E-state index < -0.39 is 0 Å². The summed E-state index contributed by atoms with van der Waals surface area (Å²) in [6.45, 7) is 10.5. The Labute approximate surface area is 105 Å². The highest BCUT2D eigenvalue weighted by molar-refractivity contribution is 5.64. The average molecular weight is 238 g/mol. The van der Waals surface area contributed by atoms with Gasteiger partial charge in [-0.1, -0.05) is 33.6 Å². The Kier molecular flexibility index (Phi) is 5.32. The topological polar surface area (TPSA) is 55.9 Å². The molecule has 0 aliphatic carbocycles. The van der Waals surface area contributed by atoms with Crippen molar-refractivity contribution in [2.75, 3.05) is 17.6 Å². The molecule has 0 spiro atoms. The second-order valence-electron chi connectivity index (χ2n) is 4.63. The van der Waals surface area contributed by atoms with Crippen LogP contribution in [0.1, 0.15) is 45.7 Å². The van der Waals surface area contributed by atoms with Gasteiger partial charge in [-0.2, -0.15) is 5.10 Å². The van der Waals surface area contributed by atoms with Crippen LogP contribution >= 0.6 is 0 Å². The Morgan fingerprint density at radius 1 is 1.29 bits per heavy atom. The van der Waals surface area contributed by atoms with Crippen molar-refractivity contribution >= 4 is 11.5 Å². The first-order chi connectivity index (χ1) is 8.13. The van der Waals surface area contributed by atoms with Crippen molar-refractivity contribution in [1.29, 1.82) is 0 Å². The van der Waals surface area contributed by atoms with E-state index in [4.69, 9.17) is 5.73 Å². The highest BCUT2D eigenvalue weighted by Crippen LogP contribution is 2.23. The quantitative estimate of drug-likeness (QED) is 0.767. The smallest absolute Gasteiger partial charge is 0.148 e. The third kappa shape index (κ3) is 3.38. The number of aromatic nitrogens is 2. The van der Waals surface area contributed by atoms with Crippen molar-refractivity contribution in [2.24, 2.45) is 5.92 Å². The molecule has 0 saturated heterocycles. The Morgan fingerprint density at radius 3 is 2.47 bits per heavy atom. The van der Waals surface area contributed by atoms with Gasteiger partial charge >= 0.3 is 0 Å². The summed E-state index contributed by atoms with van der Waals surface area (Å²) < 4.78 is 1.99. The molecular formula is C13H26N4. The van der Waals surface area contributed by atoms with E-state index in [2.05, 4.69) is 31.2 Å². The number of rotatable bonds is 7. The van der Waals surface area contributed by atoms with Crippen LogP contribution < -0.4 is 11.1 Å². The van der Waals surface area contributed by atoms with Gasteiger partial charge in [-0.05, 0) is 19.3 Å². The minimum atomic E-state index is 0.708. The van der Waals surface area contributed by atoms with Gasteiger partial charge in [0.25, 0.3) is 0 Å². The van der Waals surface area contributed by atoms with Crippen molar-refractivity contribution < 1.29 is 0 Å². The lowest BCUT2D eigenvalue weighted by atomic mass is 10.0. The summed E-state index contributed by atoms with van der Waals surface area (Å²) >= 11 is 0. The Bertz CT molecular complexity index is 339. The zero-order valence-electron chi connectivity index (χ0n) is 11.6. The number of hydrogen-bond donors (Lipinski definition) is 2. The van der Waals surface area contributed by atoms with Crippen molar-refractivity contribution in [3.05, 3.63) is 5.69 Å². The van der Waals surface area contributed by atoms with Crippen LogP contribution in [0.5, 0.6) is 0 Å². The van der Waals surface area contributed by atoms with E-state index in [1.807, 2.05) is 11.6 Å². The molecule has 0 bridgehead atoms. The summed E-state index contributed by atoms with van der Waals surface area (Å²) in [4.78, 5) is 0. The second-order valence-corrected chi connectivity index (χ2v) is 4.63. The lowest BCUT2D eigenvalue weighted by molar-refractivity contribution is 0.514. The van der Waals surface area contributed by atoms with E-state index >= 15 is 0 Å². The first kappa shape index (κ1) is 13.9. The number of nitrogens with two attached hydrogens (primary N) is 1. The maximum Gasteiger partial charge on any atom is 0.148 e. The monoisotopic (exact) mass is 238 g/mol. The molecule has 0 aromatic carbocycles. The second kappa shape index (κ2) is 6.52. The molecule has 3 N–H and O–H groups in total. The van der Waals surface area contributed by atoms with Crippen LogP contribution in [0.4, 0.5) is 11.5 Å². The predicted molar refractivity (Wildman–Crippen MR) is 74.2 cm³/mol. The third-order valence-electron chi connectivity index (χ3n) is 3.32. The van der Waals surface area contributed by atoms with Gasteiger partial charge in [-0.25, -0.2) is 4.68 Å². The lowest BCUT2D eigenvalue weighted by Crippen LogP contribution is -2.16. The summed E-state index contributed by atoms with van der Waals surface area (Å²) in [5.41, 5.74) is 7.77. The number of hydrogen-bond acceptors (Lipinski definition) is 3. The molecule has 0 atom stereocenters. The molecule has 0 amide bonds. The van der Waals surface area contributed by atoms with Crippen LogP contribution in [-0.4, -0.2) is 16.3 Å². The molecule has 1 heterocycles. The van der Waals surface area contributed by atoms with E-state index in [0.29, 0.717) is 5.92 Å². The van der Waals surface area contributed by atoms with Gasteiger partial charge in [0.1, 0.15) is 5.82 Å². The van der Waals surface area contributed by atoms with Crippen molar-refractivity contribution in [2.45, 2.75) is 53.5 Å². The molecule has 4 nitrogen and oxygen atoms in total. The molecule has 0 aliphatic heterocycles. The number of nitrogens with one attached hydrogen (secondary N) is 1. The Morgan fingerprint density at radius 2 is 1.94 bits per heavy atom. The average Bonchev–Trinajstić information content (AvgIpc) is 2.58. The summed E-state index contributed by atoms with van der Waals surface area (Å²) in [7, 11) is 0. The van der Waals surface area contributed by atoms with E-state index in [1.165, 1.54) is 12.8 Å². The summed E-state index contributed by atoms with van der Waals surface area (Å²) in [5.74, 6) is 1.70. The lowest BCUT2D eigenvalue weighted by Gasteiger charge is -2.15. The molecular weight excluding hydrogens is 212 g/mol. The standard InChI is InChI=1S/C13H26N4/c1-5-8-17-13(12(14)10(4)16-17)15-9-11(6-2)7-3/h11,15H,5-9,14H2,1-4H3. The molecule has 1 rings (SSSR count). The zero-order chi connectivity index (χ0) is 12.8. The Balaban J connectivity index is 2.74. The van der Waals surface area contributed by atoms with Gasteiger partial charge in [0.2, 0.25) is 0 Å². The molecule has 0 unspecified atom stereocenters. The molecule has 0 radical (unpaired) electrons. The number of anilines is 2. The van der Waals surface area contributed by atoms with Gasteiger partial charge in [0, 0.05) is 13.1 Å². The minimum absolute atomic E-state index is 0.708. The largest absolute Gasteiger partial charge is 0.394 e. The van der Waals surface area contributed by atoms with Gasteiger partial charge in [-0.15, -0.1) is 0 Å². The summed E-state index contributed by atoms with van der Waals surface area (Å²) in [6.07, 6.45) is 3.47. The van der Waals surface area contributed by atoms with Crippen molar-refractivity contribution in [1.82, 2.24) is 9.78 Å². The highest BCUT2D eigenvalue weighted by Gasteiger charge is 2.12. The van der Waals surface area contributed by atoms with Gasteiger partial charge in [0.15, 0.2) is 0 Å². The highest BCUT2D eigenvalue weighted by atomic mass is 15.3. The fourth-order valence-electron chi connectivity index (χ4n) is 1.97. The Hall–Kier alpha value is -1.19. The fourth-order valence-corrected chi connectivity index (χ4v) is 1.97. The number of aryl methyl sites for hydroxylation is 2. The van der Waals surface area contributed by atoms with Crippen molar-refractivity contribution in [3.63, 3.8) is 0 Å². The van der Waals surface area contributed by atoms with Crippen LogP contribution in [0.15, 0.2) is 0 Å². The molecule has 1 aromatic heterocycles. The van der Waals surface area contributed by atoms with Crippen LogP contribution in [0.3, 0.4) is 0 Å². The SMILES string of the molecule is CCCn1nc(C)c(N)c1NCC(CC)CC. The van der Waals surface area contributed by atoms with E-state index in [-0.39, 0.29) is 0 Å². The molecule has 0 fully saturated rings. The summed E-state index contributed by atoms with van der Waals surface area (Å²) in [5, 5.41) is 7.92. The summed E-state index contributed by atoms with van der Waals surface area (Å²) in [6, 6.07) is 0. The fraction of sp³-hybridized carbons (Fsp3) is 0.769. The molecule has 17 heavy (non-hydrogen) atoms. The first-order valence-electron chi connectivity index (χ1n) is 6.70. The molecule has 98 valence electrons. The minimum Gasteiger partial charge on any atom is -0.394 e. The zero-order valence-corrected chi connectivity index (χ0v) is 11.6. The van der Waals surface area contributed by atoms with Crippen LogP contribution in [-0.2, 0) is 6.54 Å². The number of nitrogen functional groups attached to an aromatic ring is 1. The molecule has 0 aliphatic rings. The van der Waals surface area contributed by atoms with Crippen LogP contribution in [0.25, 0.3) is 0 Å². The van der Waals surface area contributed by atoms with Crippen LogP contribution in [0, 0.1) is 12.8 Å². The van der Waals surface area contributed by atoms with Gasteiger partial charge in [-0.3, -0.25) is 0 Å². The number of nitrogens with zero attached hydrogens (tertiary/aromatic N) is 2. The third-order valence-corrected chi connectivity index (χ3v) is 3.32. The molecule has 1 aromatic rings. The first-order valence-corrected chi connectivity index (χ1v) is 6.70. The predicted octanol–water partition coefficient (Wildman–Crippen LogP) is 3.03. The van der Waals surface area contributed by atoms with Gasteiger partial charge in [0.05, 0.1) is 11.4 Å². The van der Waals surface area contributed by atoms with Crippen LogP contribution in [0.2, 0.25) is 0 Å². The molecule has 4 heteroatoms. The maximum atomic E-state index is 6.06. The maximum absolute atomic E-state index is 6.06. The van der Waals surface area contributed by atoms with E-state index in [1.54, 1.807) is 0 Å². The molecule has 0 saturated carbocycles. The van der Waals surface area contributed by atoms with Gasteiger partial charge < -0.3 is 11.1 Å².